The number of hydrogen-bond acceptors (Lipinski definition) is 5. The second-order valence-corrected chi connectivity index (χ2v) is 9.62. The smallest absolute Gasteiger partial charge is 0.293 e. The van der Waals surface area contributed by atoms with Crippen molar-refractivity contribution in [1.82, 2.24) is 4.90 Å². The van der Waals surface area contributed by atoms with Crippen molar-refractivity contribution in [2.75, 3.05) is 7.11 Å². The number of amides is 2. The van der Waals surface area contributed by atoms with Crippen LogP contribution in [0.2, 0.25) is 0 Å². The van der Waals surface area contributed by atoms with Gasteiger partial charge < -0.3 is 9.47 Å². The second-order valence-electron chi connectivity index (χ2n) is 7.77. The lowest BCUT2D eigenvalue weighted by Gasteiger charge is -2.19. The normalized spacial score (nSPS) is 16.0. The summed E-state index contributed by atoms with van der Waals surface area (Å²) in [7, 11) is 1.58. The summed E-state index contributed by atoms with van der Waals surface area (Å²) in [4.78, 5) is 26.8. The predicted octanol–water partition coefficient (Wildman–Crippen LogP) is 7.02. The summed E-state index contributed by atoms with van der Waals surface area (Å²) in [6.45, 7) is 4.21. The van der Waals surface area contributed by atoms with Crippen LogP contribution in [-0.2, 0) is 11.4 Å². The number of ether oxygens (including phenoxy) is 2. The van der Waals surface area contributed by atoms with Gasteiger partial charge in [-0.05, 0) is 81.1 Å². The summed E-state index contributed by atoms with van der Waals surface area (Å²) < 4.78 is 12.4. The number of hydrogen-bond donors (Lipinski definition) is 0. The second kappa shape index (κ2) is 10.0. The Morgan fingerprint density at radius 3 is 2.64 bits per heavy atom. The average molecular weight is 526 g/mol. The van der Waals surface area contributed by atoms with Crippen LogP contribution in [0.3, 0.4) is 0 Å². The summed E-state index contributed by atoms with van der Waals surface area (Å²) in [5, 5.41) is 2.07. The van der Waals surface area contributed by atoms with Crippen LogP contribution in [0.15, 0.2) is 64.0 Å². The minimum Gasteiger partial charge on any atom is -0.493 e. The molecule has 3 aromatic rings. The maximum absolute atomic E-state index is 12.7. The molecule has 1 saturated heterocycles. The number of halogens is 1. The molecule has 0 aromatic heterocycles. The molecule has 5 nitrogen and oxygen atoms in total. The first-order valence-corrected chi connectivity index (χ1v) is 12.3. The summed E-state index contributed by atoms with van der Waals surface area (Å²) in [5.41, 5.74) is 1.82. The molecule has 1 atom stereocenters. The topological polar surface area (TPSA) is 55.8 Å². The van der Waals surface area contributed by atoms with E-state index in [2.05, 4.69) is 34.1 Å². The van der Waals surface area contributed by atoms with Gasteiger partial charge in [-0.25, -0.2) is 0 Å². The molecule has 0 radical (unpaired) electrons. The largest absolute Gasteiger partial charge is 0.493 e. The molecule has 0 unspecified atom stereocenters. The van der Waals surface area contributed by atoms with Gasteiger partial charge in [-0.1, -0.05) is 49.4 Å². The van der Waals surface area contributed by atoms with E-state index >= 15 is 0 Å². The Hall–Kier alpha value is -2.77. The Labute approximate surface area is 205 Å². The van der Waals surface area contributed by atoms with Crippen molar-refractivity contribution in [2.45, 2.75) is 32.9 Å². The summed E-state index contributed by atoms with van der Waals surface area (Å²) in [6.07, 6.45) is 2.43. The first kappa shape index (κ1) is 23.4. The zero-order valence-electron chi connectivity index (χ0n) is 18.6. The average Bonchev–Trinajstić information content (AvgIpc) is 3.10. The molecular formula is C26H24BrNO4S. The minimum absolute atomic E-state index is 0.130. The van der Waals surface area contributed by atoms with Crippen LogP contribution in [0, 0.1) is 0 Å². The Kier molecular flexibility index (Phi) is 7.10. The third kappa shape index (κ3) is 4.80. The number of rotatable bonds is 7. The van der Waals surface area contributed by atoms with Crippen molar-refractivity contribution in [1.29, 1.82) is 0 Å². The molecule has 33 heavy (non-hydrogen) atoms. The number of carbonyl (C=O) groups is 2. The first-order valence-electron chi connectivity index (χ1n) is 10.7. The highest BCUT2D eigenvalue weighted by Gasteiger charge is 2.37. The van der Waals surface area contributed by atoms with Gasteiger partial charge >= 0.3 is 0 Å². The Morgan fingerprint density at radius 1 is 1.12 bits per heavy atom. The number of thioether (sulfide) groups is 1. The molecule has 170 valence electrons. The third-order valence-corrected chi connectivity index (χ3v) is 7.13. The first-order chi connectivity index (χ1) is 15.9. The lowest BCUT2D eigenvalue weighted by molar-refractivity contribution is -0.124. The maximum Gasteiger partial charge on any atom is 0.293 e. The number of carbonyl (C=O) groups excluding carboxylic acids is 2. The van der Waals surface area contributed by atoms with E-state index in [9.17, 15) is 9.59 Å². The fraction of sp³-hybridized carbons (Fsp3) is 0.231. The molecule has 0 aliphatic carbocycles. The van der Waals surface area contributed by atoms with Gasteiger partial charge in [0, 0.05) is 6.04 Å². The Bertz CT molecular complexity index is 1250. The van der Waals surface area contributed by atoms with E-state index in [0.717, 1.165) is 33.7 Å². The fourth-order valence-electron chi connectivity index (χ4n) is 3.73. The molecular weight excluding hydrogens is 502 g/mol. The number of nitrogens with zero attached hydrogens (tertiary/aromatic N) is 1. The lowest BCUT2D eigenvalue weighted by atomic mass is 10.1. The number of imide groups is 1. The fourth-order valence-corrected chi connectivity index (χ4v) is 5.23. The molecule has 2 amide bonds. The number of methoxy groups -OCH3 is 1. The van der Waals surface area contributed by atoms with E-state index in [1.54, 1.807) is 19.3 Å². The SMILES string of the molecule is CC[C@@H](C)N1C(=O)S/C(=C\c2cc(Br)c(OCc3cccc4ccccc34)c(OC)c2)C1=O. The number of fused-ring (bicyclic) bond motifs is 1. The van der Waals surface area contributed by atoms with Gasteiger partial charge in [0.2, 0.25) is 0 Å². The van der Waals surface area contributed by atoms with Crippen molar-refractivity contribution < 1.29 is 19.1 Å². The van der Waals surface area contributed by atoms with Crippen molar-refractivity contribution in [3.05, 3.63) is 75.1 Å². The summed E-state index contributed by atoms with van der Waals surface area (Å²) in [5.74, 6) is 0.859. The predicted molar refractivity (Wildman–Crippen MR) is 137 cm³/mol. The van der Waals surface area contributed by atoms with Gasteiger partial charge in [0.15, 0.2) is 11.5 Å². The summed E-state index contributed by atoms with van der Waals surface area (Å²) in [6, 6.07) is 17.9. The van der Waals surface area contributed by atoms with Crippen LogP contribution < -0.4 is 9.47 Å². The molecule has 1 fully saturated rings. The highest BCUT2D eigenvalue weighted by atomic mass is 79.9. The molecule has 0 bridgehead atoms. The maximum atomic E-state index is 12.7. The zero-order chi connectivity index (χ0) is 23.5. The molecule has 3 aromatic carbocycles. The molecule has 0 N–H and O–H groups in total. The highest BCUT2D eigenvalue weighted by Crippen LogP contribution is 2.40. The molecule has 1 aliphatic rings. The monoisotopic (exact) mass is 525 g/mol. The van der Waals surface area contributed by atoms with Crippen LogP contribution in [0.4, 0.5) is 4.79 Å². The van der Waals surface area contributed by atoms with Crippen molar-refractivity contribution >= 4 is 55.7 Å². The van der Waals surface area contributed by atoms with Crippen LogP contribution in [-0.4, -0.2) is 29.2 Å². The van der Waals surface area contributed by atoms with Crippen molar-refractivity contribution in [3.63, 3.8) is 0 Å². The van der Waals surface area contributed by atoms with E-state index in [0.29, 0.717) is 33.9 Å². The third-order valence-electron chi connectivity index (χ3n) is 5.66. The quantitative estimate of drug-likeness (QED) is 0.310. The van der Waals surface area contributed by atoms with E-state index in [1.807, 2.05) is 44.2 Å². The van der Waals surface area contributed by atoms with E-state index in [1.165, 1.54) is 4.90 Å². The van der Waals surface area contributed by atoms with E-state index in [4.69, 9.17) is 9.47 Å². The van der Waals surface area contributed by atoms with Crippen molar-refractivity contribution in [3.8, 4) is 11.5 Å². The Balaban J connectivity index is 1.59. The van der Waals surface area contributed by atoms with Crippen LogP contribution in [0.5, 0.6) is 11.5 Å². The van der Waals surface area contributed by atoms with Gasteiger partial charge in [-0.3, -0.25) is 14.5 Å². The van der Waals surface area contributed by atoms with Crippen LogP contribution in [0.1, 0.15) is 31.4 Å². The zero-order valence-corrected chi connectivity index (χ0v) is 21.0. The molecule has 4 rings (SSSR count). The lowest BCUT2D eigenvalue weighted by Crippen LogP contribution is -2.36. The van der Waals surface area contributed by atoms with Gasteiger partial charge in [0.25, 0.3) is 11.1 Å². The Morgan fingerprint density at radius 2 is 1.88 bits per heavy atom. The van der Waals surface area contributed by atoms with E-state index < -0.39 is 0 Å². The van der Waals surface area contributed by atoms with Gasteiger partial charge in [-0.2, -0.15) is 0 Å². The van der Waals surface area contributed by atoms with Crippen molar-refractivity contribution in [2.24, 2.45) is 0 Å². The van der Waals surface area contributed by atoms with Gasteiger partial charge in [0.1, 0.15) is 6.61 Å². The molecule has 0 spiro atoms. The van der Waals surface area contributed by atoms with Crippen LogP contribution in [0.25, 0.3) is 16.8 Å². The minimum atomic E-state index is -0.259. The summed E-state index contributed by atoms with van der Waals surface area (Å²) >= 11 is 4.55. The highest BCUT2D eigenvalue weighted by molar-refractivity contribution is 9.10. The standard InChI is InChI=1S/C26H24BrNO4S/c1-4-16(2)28-25(29)23(33-26(28)30)14-17-12-21(27)24(22(13-17)31-3)32-15-19-10-7-9-18-8-5-6-11-20(18)19/h5-14,16H,4,15H2,1-3H3/b23-14-/t16-/m1/s1. The molecule has 0 saturated carbocycles. The van der Waals surface area contributed by atoms with Crippen LogP contribution >= 0.6 is 27.7 Å². The van der Waals surface area contributed by atoms with E-state index in [-0.39, 0.29) is 17.2 Å². The molecule has 1 heterocycles. The van der Waals surface area contributed by atoms with Gasteiger partial charge in [-0.15, -0.1) is 0 Å². The molecule has 1 aliphatic heterocycles. The molecule has 7 heteroatoms. The number of benzene rings is 3. The van der Waals surface area contributed by atoms with Gasteiger partial charge in [0.05, 0.1) is 16.5 Å².